The van der Waals surface area contributed by atoms with Crippen LogP contribution in [0.3, 0.4) is 0 Å². The Bertz CT molecular complexity index is 791. The van der Waals surface area contributed by atoms with Crippen molar-refractivity contribution in [2.24, 2.45) is 0 Å². The van der Waals surface area contributed by atoms with E-state index in [9.17, 15) is 14.0 Å². The summed E-state index contributed by atoms with van der Waals surface area (Å²) in [5.74, 6) is -1.26. The summed E-state index contributed by atoms with van der Waals surface area (Å²) in [5.41, 5.74) is 0.211. The van der Waals surface area contributed by atoms with Gasteiger partial charge in [-0.25, -0.2) is 9.18 Å². The number of nitrogens with one attached hydrogen (secondary N) is 1. The van der Waals surface area contributed by atoms with Gasteiger partial charge in [-0.3, -0.25) is 4.79 Å². The van der Waals surface area contributed by atoms with E-state index < -0.39 is 17.7 Å². The predicted molar refractivity (Wildman–Crippen MR) is 89.6 cm³/mol. The number of methoxy groups -OCH3 is 2. The molecule has 1 amide bonds. The zero-order valence-corrected chi connectivity index (χ0v) is 14.1. The van der Waals surface area contributed by atoms with Gasteiger partial charge >= 0.3 is 5.97 Å². The average molecular weight is 347 g/mol. The summed E-state index contributed by atoms with van der Waals surface area (Å²) in [6.45, 7) is 1.24. The zero-order valence-electron chi connectivity index (χ0n) is 14.1. The van der Waals surface area contributed by atoms with Crippen molar-refractivity contribution in [2.75, 3.05) is 26.1 Å². The quantitative estimate of drug-likeness (QED) is 0.813. The van der Waals surface area contributed by atoms with Gasteiger partial charge in [0, 0.05) is 0 Å². The van der Waals surface area contributed by atoms with Crippen LogP contribution in [0.2, 0.25) is 0 Å². The Morgan fingerprint density at radius 3 is 2.40 bits per heavy atom. The molecule has 0 heterocycles. The number of ether oxygens (including phenoxy) is 3. The Labute approximate surface area is 144 Å². The molecule has 1 N–H and O–H groups in total. The fourth-order valence-electron chi connectivity index (χ4n) is 2.23. The SMILES string of the molecule is COC(=O)c1c(C)ccc(F)c1NC(=O)COc1ccccc1OC. The first-order chi connectivity index (χ1) is 12.0. The molecular formula is C18H18FNO5. The molecule has 0 bridgehead atoms. The second kappa shape index (κ2) is 8.14. The van der Waals surface area contributed by atoms with Crippen LogP contribution in [0.1, 0.15) is 15.9 Å². The second-order valence-corrected chi connectivity index (χ2v) is 5.09. The number of benzene rings is 2. The first kappa shape index (κ1) is 18.3. The third-order valence-corrected chi connectivity index (χ3v) is 3.44. The van der Waals surface area contributed by atoms with Crippen molar-refractivity contribution in [3.8, 4) is 11.5 Å². The molecule has 2 aromatic rings. The molecule has 25 heavy (non-hydrogen) atoms. The number of aryl methyl sites for hydroxylation is 1. The summed E-state index contributed by atoms with van der Waals surface area (Å²) < 4.78 is 29.2. The van der Waals surface area contributed by atoms with E-state index >= 15 is 0 Å². The van der Waals surface area contributed by atoms with Crippen LogP contribution in [0, 0.1) is 12.7 Å². The molecule has 0 spiro atoms. The summed E-state index contributed by atoms with van der Waals surface area (Å²) in [4.78, 5) is 24.0. The lowest BCUT2D eigenvalue weighted by atomic mass is 10.1. The van der Waals surface area contributed by atoms with Gasteiger partial charge in [-0.1, -0.05) is 18.2 Å². The van der Waals surface area contributed by atoms with Gasteiger partial charge < -0.3 is 19.5 Å². The van der Waals surface area contributed by atoms with Crippen LogP contribution in [-0.2, 0) is 9.53 Å². The second-order valence-electron chi connectivity index (χ2n) is 5.09. The van der Waals surface area contributed by atoms with Gasteiger partial charge in [0.05, 0.1) is 25.5 Å². The molecule has 2 aromatic carbocycles. The van der Waals surface area contributed by atoms with E-state index in [2.05, 4.69) is 10.1 Å². The third-order valence-electron chi connectivity index (χ3n) is 3.44. The molecule has 0 atom stereocenters. The maximum Gasteiger partial charge on any atom is 0.340 e. The van der Waals surface area contributed by atoms with Gasteiger partial charge in [-0.05, 0) is 30.7 Å². The highest BCUT2D eigenvalue weighted by atomic mass is 19.1. The number of hydrogen-bond acceptors (Lipinski definition) is 5. The number of hydrogen-bond donors (Lipinski definition) is 1. The van der Waals surface area contributed by atoms with Crippen molar-refractivity contribution < 1.29 is 28.2 Å². The summed E-state index contributed by atoms with van der Waals surface area (Å²) in [6, 6.07) is 9.41. The van der Waals surface area contributed by atoms with E-state index in [1.54, 1.807) is 31.2 Å². The molecule has 0 aromatic heterocycles. The van der Waals surface area contributed by atoms with E-state index in [1.165, 1.54) is 26.4 Å². The van der Waals surface area contributed by atoms with Crippen molar-refractivity contribution in [3.63, 3.8) is 0 Å². The summed E-state index contributed by atoms with van der Waals surface area (Å²) >= 11 is 0. The average Bonchev–Trinajstić information content (AvgIpc) is 2.62. The molecule has 0 saturated carbocycles. The monoisotopic (exact) mass is 347 g/mol. The van der Waals surface area contributed by atoms with Gasteiger partial charge in [0.2, 0.25) is 0 Å². The Balaban J connectivity index is 2.15. The van der Waals surface area contributed by atoms with Gasteiger partial charge in [-0.2, -0.15) is 0 Å². The van der Waals surface area contributed by atoms with E-state index in [0.717, 1.165) is 0 Å². The Morgan fingerprint density at radius 1 is 1.08 bits per heavy atom. The standard InChI is InChI=1S/C18H18FNO5/c1-11-8-9-12(19)17(16(11)18(22)24-3)20-15(21)10-25-14-7-5-4-6-13(14)23-2/h4-9H,10H2,1-3H3,(H,20,21). The van der Waals surface area contributed by atoms with E-state index in [0.29, 0.717) is 17.1 Å². The molecule has 7 heteroatoms. The van der Waals surface area contributed by atoms with Crippen LogP contribution in [0.25, 0.3) is 0 Å². The number of halogens is 1. The summed E-state index contributed by atoms with van der Waals surface area (Å²) in [6.07, 6.45) is 0. The number of carbonyl (C=O) groups is 2. The van der Waals surface area contributed by atoms with Crippen LogP contribution >= 0.6 is 0 Å². The molecule has 6 nitrogen and oxygen atoms in total. The highest BCUT2D eigenvalue weighted by molar-refractivity contribution is 6.02. The Morgan fingerprint density at radius 2 is 1.76 bits per heavy atom. The van der Waals surface area contributed by atoms with Crippen molar-refractivity contribution in [2.45, 2.75) is 6.92 Å². The molecule has 132 valence electrons. The summed E-state index contributed by atoms with van der Waals surface area (Å²) in [5, 5.41) is 2.36. The van der Waals surface area contributed by atoms with E-state index in [-0.39, 0.29) is 17.9 Å². The van der Waals surface area contributed by atoms with Gasteiger partial charge in [0.25, 0.3) is 5.91 Å². The lowest BCUT2D eigenvalue weighted by Crippen LogP contribution is -2.23. The molecule has 0 aliphatic rings. The molecule has 0 unspecified atom stereocenters. The fourth-order valence-corrected chi connectivity index (χ4v) is 2.23. The largest absolute Gasteiger partial charge is 0.493 e. The van der Waals surface area contributed by atoms with Crippen LogP contribution in [0.4, 0.5) is 10.1 Å². The number of amides is 1. The Kier molecular flexibility index (Phi) is 5.94. The maximum absolute atomic E-state index is 14.1. The van der Waals surface area contributed by atoms with E-state index in [1.807, 2.05) is 0 Å². The predicted octanol–water partition coefficient (Wildman–Crippen LogP) is 2.95. The first-order valence-corrected chi connectivity index (χ1v) is 7.41. The van der Waals surface area contributed by atoms with Crippen molar-refractivity contribution in [1.29, 1.82) is 0 Å². The molecule has 2 rings (SSSR count). The number of para-hydroxylation sites is 2. The van der Waals surface area contributed by atoms with Crippen molar-refractivity contribution in [1.82, 2.24) is 0 Å². The lowest BCUT2D eigenvalue weighted by Gasteiger charge is -2.14. The normalized spacial score (nSPS) is 10.1. The minimum absolute atomic E-state index is 0.0341. The number of carbonyl (C=O) groups excluding carboxylic acids is 2. The lowest BCUT2D eigenvalue weighted by molar-refractivity contribution is -0.118. The van der Waals surface area contributed by atoms with E-state index in [4.69, 9.17) is 9.47 Å². The number of esters is 1. The Hall–Kier alpha value is -3.09. The van der Waals surface area contributed by atoms with Gasteiger partial charge in [0.15, 0.2) is 18.1 Å². The smallest absolute Gasteiger partial charge is 0.340 e. The van der Waals surface area contributed by atoms with Crippen LogP contribution in [-0.4, -0.2) is 32.7 Å². The van der Waals surface area contributed by atoms with Gasteiger partial charge in [0.1, 0.15) is 5.82 Å². The highest BCUT2D eigenvalue weighted by Crippen LogP contribution is 2.27. The first-order valence-electron chi connectivity index (χ1n) is 7.41. The molecule has 0 fully saturated rings. The van der Waals surface area contributed by atoms with Crippen LogP contribution in [0.15, 0.2) is 36.4 Å². The molecule has 0 saturated heterocycles. The van der Waals surface area contributed by atoms with Crippen LogP contribution in [0.5, 0.6) is 11.5 Å². The van der Waals surface area contributed by atoms with Crippen molar-refractivity contribution in [3.05, 3.63) is 53.3 Å². The maximum atomic E-state index is 14.1. The minimum atomic E-state index is -0.739. The molecule has 0 radical (unpaired) electrons. The number of rotatable bonds is 6. The fraction of sp³-hybridized carbons (Fsp3) is 0.222. The van der Waals surface area contributed by atoms with Gasteiger partial charge in [-0.15, -0.1) is 0 Å². The third kappa shape index (κ3) is 4.26. The highest BCUT2D eigenvalue weighted by Gasteiger charge is 2.21. The number of anilines is 1. The summed E-state index contributed by atoms with van der Waals surface area (Å²) in [7, 11) is 2.66. The molecular weight excluding hydrogens is 329 g/mol. The van der Waals surface area contributed by atoms with Crippen molar-refractivity contribution >= 4 is 17.6 Å². The zero-order chi connectivity index (χ0) is 18.4. The molecule has 0 aliphatic heterocycles. The topological polar surface area (TPSA) is 73.9 Å². The minimum Gasteiger partial charge on any atom is -0.493 e. The van der Waals surface area contributed by atoms with Crippen LogP contribution < -0.4 is 14.8 Å². The molecule has 0 aliphatic carbocycles.